The average Bonchev–Trinajstić information content (AvgIpc) is 2.26. The summed E-state index contributed by atoms with van der Waals surface area (Å²) in [4.78, 5) is 6.37. The summed E-state index contributed by atoms with van der Waals surface area (Å²) in [5, 5.41) is 0. The normalized spacial score (nSPS) is 12.9. The van der Waals surface area contributed by atoms with Crippen LogP contribution < -0.4 is 10.6 Å². The van der Waals surface area contributed by atoms with Gasteiger partial charge in [0.1, 0.15) is 0 Å². The van der Waals surface area contributed by atoms with Crippen LogP contribution in [-0.2, 0) is 6.54 Å². The lowest BCUT2D eigenvalue weighted by Crippen LogP contribution is -2.34. The molecule has 0 radical (unpaired) electrons. The topological polar surface area (TPSA) is 42.2 Å². The second-order valence-electron chi connectivity index (χ2n) is 4.30. The van der Waals surface area contributed by atoms with Gasteiger partial charge in [0.05, 0.1) is 0 Å². The van der Waals surface area contributed by atoms with Crippen LogP contribution in [0.4, 0.5) is 5.69 Å². The predicted octanol–water partition coefficient (Wildman–Crippen LogP) is 2.02. The van der Waals surface area contributed by atoms with E-state index in [-0.39, 0.29) is 0 Å². The molecule has 1 atom stereocenters. The first-order valence-corrected chi connectivity index (χ1v) is 5.43. The van der Waals surface area contributed by atoms with E-state index in [4.69, 9.17) is 5.73 Å². The van der Waals surface area contributed by atoms with E-state index in [1.807, 2.05) is 18.5 Å². The summed E-state index contributed by atoms with van der Waals surface area (Å²) in [6.07, 6.45) is 3.66. The highest BCUT2D eigenvalue weighted by molar-refractivity contribution is 5.52. The van der Waals surface area contributed by atoms with Crippen molar-refractivity contribution in [1.82, 2.24) is 4.98 Å². The quantitative estimate of drug-likeness (QED) is 0.821. The monoisotopic (exact) mass is 207 g/mol. The number of hydrogen-bond donors (Lipinski definition) is 1. The van der Waals surface area contributed by atoms with Crippen LogP contribution in [0.3, 0.4) is 0 Å². The fraction of sp³-hybridized carbons (Fsp3) is 0.583. The Morgan fingerprint density at radius 3 is 2.60 bits per heavy atom. The largest absolute Gasteiger partial charge is 0.371 e. The van der Waals surface area contributed by atoms with E-state index in [0.29, 0.717) is 18.5 Å². The molecule has 0 fully saturated rings. The van der Waals surface area contributed by atoms with Crippen LogP contribution in [0.25, 0.3) is 0 Å². The lowest BCUT2D eigenvalue weighted by Gasteiger charge is -2.31. The Morgan fingerprint density at radius 2 is 2.07 bits per heavy atom. The molecule has 0 saturated heterocycles. The van der Waals surface area contributed by atoms with Gasteiger partial charge in [0.2, 0.25) is 0 Å². The molecular weight excluding hydrogens is 186 g/mol. The molecule has 1 rings (SSSR count). The van der Waals surface area contributed by atoms with E-state index in [9.17, 15) is 0 Å². The summed E-state index contributed by atoms with van der Waals surface area (Å²) >= 11 is 0. The van der Waals surface area contributed by atoms with Crippen LogP contribution in [0.5, 0.6) is 0 Å². The van der Waals surface area contributed by atoms with Gasteiger partial charge in [0, 0.05) is 43.3 Å². The third-order valence-corrected chi connectivity index (χ3v) is 3.05. The van der Waals surface area contributed by atoms with Crippen molar-refractivity contribution in [2.24, 2.45) is 11.7 Å². The maximum Gasteiger partial charge on any atom is 0.0442 e. The van der Waals surface area contributed by atoms with E-state index < -0.39 is 0 Å². The standard InChI is InChI=1S/C12H21N3/c1-9(2)10(3)15(4)12-5-6-14-8-11(12)7-13/h5-6,8-10H,7,13H2,1-4H3. The summed E-state index contributed by atoms with van der Waals surface area (Å²) in [7, 11) is 2.11. The van der Waals surface area contributed by atoms with Crippen molar-refractivity contribution in [1.29, 1.82) is 0 Å². The molecule has 2 N–H and O–H groups in total. The molecule has 0 aliphatic heterocycles. The molecule has 0 spiro atoms. The molecule has 0 amide bonds. The van der Waals surface area contributed by atoms with E-state index in [1.165, 1.54) is 5.69 Å². The molecule has 0 bridgehead atoms. The minimum absolute atomic E-state index is 0.498. The summed E-state index contributed by atoms with van der Waals surface area (Å²) in [6, 6.07) is 2.53. The Kier molecular flexibility index (Phi) is 4.09. The average molecular weight is 207 g/mol. The Bertz CT molecular complexity index is 309. The fourth-order valence-corrected chi connectivity index (χ4v) is 1.59. The van der Waals surface area contributed by atoms with Crippen molar-refractivity contribution in [2.75, 3.05) is 11.9 Å². The number of pyridine rings is 1. The third-order valence-electron chi connectivity index (χ3n) is 3.05. The lowest BCUT2D eigenvalue weighted by molar-refractivity contribution is 0.504. The summed E-state index contributed by atoms with van der Waals surface area (Å²) in [5.74, 6) is 0.619. The van der Waals surface area contributed by atoms with E-state index in [0.717, 1.165) is 5.56 Å². The minimum atomic E-state index is 0.498. The first kappa shape index (κ1) is 12.0. The van der Waals surface area contributed by atoms with E-state index >= 15 is 0 Å². The van der Waals surface area contributed by atoms with Gasteiger partial charge >= 0.3 is 0 Å². The highest BCUT2D eigenvalue weighted by Gasteiger charge is 2.15. The summed E-state index contributed by atoms with van der Waals surface area (Å²) < 4.78 is 0. The Hall–Kier alpha value is -1.09. The smallest absolute Gasteiger partial charge is 0.0442 e. The van der Waals surface area contributed by atoms with E-state index in [1.54, 1.807) is 0 Å². The second-order valence-corrected chi connectivity index (χ2v) is 4.30. The first-order chi connectivity index (χ1) is 7.07. The van der Waals surface area contributed by atoms with Crippen molar-refractivity contribution < 1.29 is 0 Å². The van der Waals surface area contributed by atoms with Gasteiger partial charge in [-0.1, -0.05) is 13.8 Å². The maximum atomic E-state index is 5.70. The van der Waals surface area contributed by atoms with Crippen LogP contribution in [0.1, 0.15) is 26.3 Å². The Balaban J connectivity index is 2.94. The molecule has 0 aliphatic carbocycles. The highest BCUT2D eigenvalue weighted by Crippen LogP contribution is 2.22. The van der Waals surface area contributed by atoms with Crippen molar-refractivity contribution in [3.05, 3.63) is 24.0 Å². The van der Waals surface area contributed by atoms with Crippen molar-refractivity contribution in [3.8, 4) is 0 Å². The van der Waals surface area contributed by atoms with Gasteiger partial charge in [-0.2, -0.15) is 0 Å². The highest BCUT2D eigenvalue weighted by atomic mass is 15.1. The molecule has 84 valence electrons. The van der Waals surface area contributed by atoms with Crippen molar-refractivity contribution in [3.63, 3.8) is 0 Å². The molecule has 1 aromatic heterocycles. The van der Waals surface area contributed by atoms with Crippen LogP contribution >= 0.6 is 0 Å². The molecule has 1 aromatic rings. The van der Waals surface area contributed by atoms with Crippen LogP contribution in [-0.4, -0.2) is 18.1 Å². The van der Waals surface area contributed by atoms with Gasteiger partial charge in [-0.15, -0.1) is 0 Å². The number of aromatic nitrogens is 1. The zero-order chi connectivity index (χ0) is 11.4. The number of nitrogens with two attached hydrogens (primary N) is 1. The van der Waals surface area contributed by atoms with Gasteiger partial charge in [-0.3, -0.25) is 4.98 Å². The van der Waals surface area contributed by atoms with Gasteiger partial charge in [0.25, 0.3) is 0 Å². The van der Waals surface area contributed by atoms with Gasteiger partial charge in [0.15, 0.2) is 0 Å². The molecule has 3 nitrogen and oxygen atoms in total. The van der Waals surface area contributed by atoms with E-state index in [2.05, 4.69) is 37.7 Å². The first-order valence-electron chi connectivity index (χ1n) is 5.43. The Labute approximate surface area is 92.3 Å². The fourth-order valence-electron chi connectivity index (χ4n) is 1.59. The minimum Gasteiger partial charge on any atom is -0.371 e. The lowest BCUT2D eigenvalue weighted by atomic mass is 10.0. The molecule has 3 heteroatoms. The summed E-state index contributed by atoms with van der Waals surface area (Å²) in [6.45, 7) is 7.22. The third kappa shape index (κ3) is 2.69. The summed E-state index contributed by atoms with van der Waals surface area (Å²) in [5.41, 5.74) is 7.99. The van der Waals surface area contributed by atoms with Crippen LogP contribution in [0.2, 0.25) is 0 Å². The van der Waals surface area contributed by atoms with Crippen molar-refractivity contribution in [2.45, 2.75) is 33.4 Å². The van der Waals surface area contributed by atoms with Crippen LogP contribution in [0, 0.1) is 5.92 Å². The molecule has 15 heavy (non-hydrogen) atoms. The SMILES string of the molecule is CC(C)C(C)N(C)c1ccncc1CN. The molecule has 0 aromatic carbocycles. The molecule has 1 unspecified atom stereocenters. The zero-order valence-electron chi connectivity index (χ0n) is 10.1. The molecule has 0 saturated carbocycles. The number of nitrogens with zero attached hydrogens (tertiary/aromatic N) is 2. The number of anilines is 1. The predicted molar refractivity (Wildman–Crippen MR) is 64.8 cm³/mol. The molecular formula is C12H21N3. The van der Waals surface area contributed by atoms with Crippen LogP contribution in [0.15, 0.2) is 18.5 Å². The molecule has 1 heterocycles. The molecule has 0 aliphatic rings. The number of hydrogen-bond acceptors (Lipinski definition) is 3. The van der Waals surface area contributed by atoms with Gasteiger partial charge < -0.3 is 10.6 Å². The van der Waals surface area contributed by atoms with Gasteiger partial charge in [-0.05, 0) is 18.9 Å². The Morgan fingerprint density at radius 1 is 1.40 bits per heavy atom. The zero-order valence-corrected chi connectivity index (χ0v) is 10.1. The van der Waals surface area contributed by atoms with Gasteiger partial charge in [-0.25, -0.2) is 0 Å². The van der Waals surface area contributed by atoms with Crippen molar-refractivity contribution >= 4 is 5.69 Å². The maximum absolute atomic E-state index is 5.70. The number of rotatable bonds is 4. The second kappa shape index (κ2) is 5.12.